The van der Waals surface area contributed by atoms with Gasteiger partial charge in [0.05, 0.1) is 5.70 Å². The Morgan fingerprint density at radius 1 is 0.811 bits per heavy atom. The lowest BCUT2D eigenvalue weighted by Gasteiger charge is -2.39. The van der Waals surface area contributed by atoms with Crippen molar-refractivity contribution in [1.29, 1.82) is 0 Å². The molecule has 0 aromatic heterocycles. The van der Waals surface area contributed by atoms with Crippen LogP contribution in [0.3, 0.4) is 0 Å². The number of carbonyl (C=O) groups is 3. The fourth-order valence-electron chi connectivity index (χ4n) is 6.60. The second-order valence-electron chi connectivity index (χ2n) is 10.9. The van der Waals surface area contributed by atoms with Crippen LogP contribution in [-0.2, 0) is 15.0 Å². The molecule has 2 heterocycles. The molecule has 1 amide bonds. The molecule has 1 N–H and O–H groups in total. The fraction of sp³-hybridized carbons (Fsp3) is 0.194. The van der Waals surface area contributed by atoms with E-state index in [4.69, 9.17) is 11.6 Å². The van der Waals surface area contributed by atoms with Crippen molar-refractivity contribution in [3.63, 3.8) is 0 Å². The first-order valence-electron chi connectivity index (χ1n) is 12.4. The van der Waals surface area contributed by atoms with Crippen LogP contribution in [0.4, 0.5) is 11.4 Å². The van der Waals surface area contributed by atoms with Gasteiger partial charge in [0, 0.05) is 56.4 Å². The second-order valence-corrected chi connectivity index (χ2v) is 11.4. The molecule has 2 aliphatic carbocycles. The highest BCUT2D eigenvalue weighted by Crippen LogP contribution is 2.61. The normalized spacial score (nSPS) is 23.2. The Bertz CT molecular complexity index is 1650. The van der Waals surface area contributed by atoms with E-state index in [1.807, 2.05) is 56.3 Å². The highest BCUT2D eigenvalue weighted by molar-refractivity contribution is 6.34. The van der Waals surface area contributed by atoms with E-state index in [9.17, 15) is 14.4 Å². The number of rotatable bonds is 1. The molecule has 3 aromatic carbocycles. The quantitative estimate of drug-likeness (QED) is 0.420. The van der Waals surface area contributed by atoms with Gasteiger partial charge >= 0.3 is 0 Å². The summed E-state index contributed by atoms with van der Waals surface area (Å²) in [6.45, 7) is 4.09. The van der Waals surface area contributed by atoms with Gasteiger partial charge in [-0.25, -0.2) is 0 Å². The summed E-state index contributed by atoms with van der Waals surface area (Å²) in [4.78, 5) is 44.9. The molecule has 0 fully saturated rings. The van der Waals surface area contributed by atoms with Crippen LogP contribution in [-0.4, -0.2) is 17.5 Å². The van der Waals surface area contributed by atoms with Crippen molar-refractivity contribution in [1.82, 2.24) is 0 Å². The SMILES string of the molecule is CC1(C)CC(=O)C2=C(C1)N(c1ccc(Cl)cc1)C(=O)C21C2=C(Nc3ccccc31)c1ccccc1C2=O. The number of halogens is 1. The number of hydrogen-bond acceptors (Lipinski definition) is 4. The average Bonchev–Trinajstić information content (AvgIpc) is 3.29. The van der Waals surface area contributed by atoms with E-state index in [1.165, 1.54) is 0 Å². The summed E-state index contributed by atoms with van der Waals surface area (Å²) in [5.74, 6) is -0.611. The molecule has 0 radical (unpaired) electrons. The minimum Gasteiger partial charge on any atom is -0.354 e. The van der Waals surface area contributed by atoms with Gasteiger partial charge in [-0.05, 0) is 42.2 Å². The summed E-state index contributed by atoms with van der Waals surface area (Å²) in [6.07, 6.45) is 0.832. The van der Waals surface area contributed by atoms with E-state index in [0.717, 1.165) is 11.3 Å². The first kappa shape index (κ1) is 22.3. The minimum atomic E-state index is -1.53. The van der Waals surface area contributed by atoms with Gasteiger partial charge in [0.25, 0.3) is 5.91 Å². The van der Waals surface area contributed by atoms with E-state index in [0.29, 0.717) is 57.2 Å². The van der Waals surface area contributed by atoms with Gasteiger partial charge in [-0.15, -0.1) is 0 Å². The zero-order valence-electron chi connectivity index (χ0n) is 20.4. The van der Waals surface area contributed by atoms with Crippen molar-refractivity contribution >= 4 is 46.1 Å². The van der Waals surface area contributed by atoms with Gasteiger partial charge < -0.3 is 5.32 Å². The van der Waals surface area contributed by atoms with E-state index < -0.39 is 5.41 Å². The van der Waals surface area contributed by atoms with E-state index >= 15 is 0 Å². The Morgan fingerprint density at radius 2 is 1.49 bits per heavy atom. The zero-order chi connectivity index (χ0) is 25.7. The number of Topliss-reactive ketones (excluding diaryl/α,β-unsaturated/α-hetero) is 2. The number of ketones is 2. The molecule has 0 saturated carbocycles. The number of para-hydroxylation sites is 1. The van der Waals surface area contributed by atoms with Crippen LogP contribution >= 0.6 is 11.6 Å². The summed E-state index contributed by atoms with van der Waals surface area (Å²) in [6, 6.07) is 22.0. The Balaban J connectivity index is 1.60. The van der Waals surface area contributed by atoms with Crippen LogP contribution in [0.5, 0.6) is 0 Å². The van der Waals surface area contributed by atoms with Crippen molar-refractivity contribution in [3.8, 4) is 0 Å². The number of carbonyl (C=O) groups excluding carboxylic acids is 3. The summed E-state index contributed by atoms with van der Waals surface area (Å²) in [5, 5.41) is 4.00. The van der Waals surface area contributed by atoms with Crippen LogP contribution in [0.25, 0.3) is 5.70 Å². The van der Waals surface area contributed by atoms with Crippen molar-refractivity contribution in [2.45, 2.75) is 32.1 Å². The summed E-state index contributed by atoms with van der Waals surface area (Å²) in [7, 11) is 0. The maximum absolute atomic E-state index is 15.0. The Hall–Kier alpha value is -3.96. The molecule has 37 heavy (non-hydrogen) atoms. The zero-order valence-corrected chi connectivity index (χ0v) is 21.1. The van der Waals surface area contributed by atoms with Crippen molar-refractivity contribution in [2.75, 3.05) is 10.2 Å². The second kappa shape index (κ2) is 7.30. The molecule has 2 aliphatic heterocycles. The van der Waals surface area contributed by atoms with Gasteiger partial charge in [0.15, 0.2) is 11.6 Å². The van der Waals surface area contributed by atoms with E-state index in [1.54, 1.807) is 35.2 Å². The van der Waals surface area contributed by atoms with Crippen LogP contribution in [0, 0.1) is 5.41 Å². The molecule has 182 valence electrons. The molecular formula is C31H23ClN2O3. The Labute approximate surface area is 219 Å². The van der Waals surface area contributed by atoms with Gasteiger partial charge in [-0.2, -0.15) is 0 Å². The van der Waals surface area contributed by atoms with Crippen LogP contribution < -0.4 is 10.2 Å². The number of anilines is 2. The number of nitrogens with one attached hydrogen (secondary N) is 1. The van der Waals surface area contributed by atoms with Gasteiger partial charge in [0.2, 0.25) is 0 Å². The number of allylic oxidation sites excluding steroid dienone is 1. The molecule has 3 aromatic rings. The molecule has 0 saturated heterocycles. The molecule has 1 spiro atoms. The predicted molar refractivity (Wildman–Crippen MR) is 143 cm³/mol. The molecule has 1 unspecified atom stereocenters. The standard InChI is InChI=1S/C31H23ClN2O3/c1-30(2)15-23-25(24(35)16-30)31(29(37)34(23)18-13-11-17(32)12-14-18)21-9-5-6-10-22(21)33-27-19-7-3-4-8-20(19)28(36)26(27)31/h3-14,33H,15-16H2,1-2H3. The first-order chi connectivity index (χ1) is 17.7. The van der Waals surface area contributed by atoms with Gasteiger partial charge in [0.1, 0.15) is 5.41 Å². The highest BCUT2D eigenvalue weighted by atomic mass is 35.5. The number of hydrogen-bond donors (Lipinski definition) is 1. The van der Waals surface area contributed by atoms with Crippen molar-refractivity contribution in [2.24, 2.45) is 5.41 Å². The summed E-state index contributed by atoms with van der Waals surface area (Å²) >= 11 is 6.18. The summed E-state index contributed by atoms with van der Waals surface area (Å²) in [5.41, 5.74) is 3.45. The maximum Gasteiger partial charge on any atom is 0.251 e. The highest BCUT2D eigenvalue weighted by Gasteiger charge is 2.65. The lowest BCUT2D eigenvalue weighted by molar-refractivity contribution is -0.123. The van der Waals surface area contributed by atoms with Gasteiger partial charge in [-0.1, -0.05) is 67.9 Å². The van der Waals surface area contributed by atoms with E-state index in [-0.39, 0.29) is 22.9 Å². The molecule has 1 atom stereocenters. The lowest BCUT2D eigenvalue weighted by Crippen LogP contribution is -2.47. The number of amides is 1. The molecule has 4 aliphatic rings. The third-order valence-electron chi connectivity index (χ3n) is 7.99. The number of nitrogens with zero attached hydrogens (tertiary/aromatic N) is 1. The predicted octanol–water partition coefficient (Wildman–Crippen LogP) is 6.30. The topological polar surface area (TPSA) is 66.5 Å². The smallest absolute Gasteiger partial charge is 0.251 e. The molecule has 7 rings (SSSR count). The summed E-state index contributed by atoms with van der Waals surface area (Å²) < 4.78 is 0. The lowest BCUT2D eigenvalue weighted by atomic mass is 9.61. The number of fused-ring (bicyclic) bond motifs is 6. The monoisotopic (exact) mass is 506 g/mol. The largest absolute Gasteiger partial charge is 0.354 e. The first-order valence-corrected chi connectivity index (χ1v) is 12.7. The number of benzene rings is 3. The third kappa shape index (κ3) is 2.78. The van der Waals surface area contributed by atoms with Crippen LogP contribution in [0.15, 0.2) is 89.6 Å². The molecule has 0 bridgehead atoms. The van der Waals surface area contributed by atoms with Crippen LogP contribution in [0.1, 0.15) is 48.2 Å². The molecular weight excluding hydrogens is 484 g/mol. The molecule has 5 nitrogen and oxygen atoms in total. The minimum absolute atomic E-state index is 0.0941. The van der Waals surface area contributed by atoms with Crippen molar-refractivity contribution < 1.29 is 14.4 Å². The maximum atomic E-state index is 15.0. The van der Waals surface area contributed by atoms with Crippen LogP contribution in [0.2, 0.25) is 5.02 Å². The van der Waals surface area contributed by atoms with E-state index in [2.05, 4.69) is 5.32 Å². The third-order valence-corrected chi connectivity index (χ3v) is 8.24. The Kier molecular flexibility index (Phi) is 4.39. The average molecular weight is 507 g/mol. The molecule has 6 heteroatoms. The van der Waals surface area contributed by atoms with Crippen molar-refractivity contribution in [3.05, 3.63) is 111 Å². The Morgan fingerprint density at radius 3 is 2.24 bits per heavy atom. The fourth-order valence-corrected chi connectivity index (χ4v) is 6.73. The van der Waals surface area contributed by atoms with Gasteiger partial charge in [-0.3, -0.25) is 19.3 Å².